The molecule has 29 heavy (non-hydrogen) atoms. The molecule has 6 nitrogen and oxygen atoms in total. The van der Waals surface area contributed by atoms with Gasteiger partial charge in [-0.3, -0.25) is 9.78 Å². The molecule has 1 saturated carbocycles. The molecule has 0 unspecified atom stereocenters. The zero-order valence-electron chi connectivity index (χ0n) is 17.2. The third kappa shape index (κ3) is 3.85. The standard InChI is InChI=1S/C23H29N5O/c1-16-20-7-4-11-27(14-17-8-9-17)22(20)26-21(25-16)19-6-3-12-28(15-19)23(29)18-5-2-10-24-13-18/h2,5,10,13,17,19H,3-4,6-9,11-12,14-15H2,1H3/t19-/m1/s1. The minimum absolute atomic E-state index is 0.0628. The topological polar surface area (TPSA) is 62.2 Å². The van der Waals surface area contributed by atoms with Crippen LogP contribution in [0.5, 0.6) is 0 Å². The minimum atomic E-state index is 0.0628. The molecule has 1 atom stereocenters. The molecule has 2 fully saturated rings. The summed E-state index contributed by atoms with van der Waals surface area (Å²) in [6.45, 7) is 5.86. The van der Waals surface area contributed by atoms with Gasteiger partial charge in [0.15, 0.2) is 0 Å². The summed E-state index contributed by atoms with van der Waals surface area (Å²) in [6.07, 6.45) is 10.4. The number of amides is 1. The van der Waals surface area contributed by atoms with Crippen molar-refractivity contribution in [2.45, 2.75) is 51.4 Å². The van der Waals surface area contributed by atoms with Crippen LogP contribution >= 0.6 is 0 Å². The quantitative estimate of drug-likeness (QED) is 0.800. The second-order valence-electron chi connectivity index (χ2n) is 8.79. The van der Waals surface area contributed by atoms with E-state index in [1.165, 1.54) is 30.6 Å². The number of aryl methyl sites for hydroxylation is 1. The van der Waals surface area contributed by atoms with Crippen molar-refractivity contribution in [2.24, 2.45) is 5.92 Å². The first kappa shape index (κ1) is 18.5. The van der Waals surface area contributed by atoms with Crippen molar-refractivity contribution in [1.82, 2.24) is 19.9 Å². The van der Waals surface area contributed by atoms with E-state index < -0.39 is 0 Å². The van der Waals surface area contributed by atoms with E-state index in [0.717, 1.165) is 56.3 Å². The smallest absolute Gasteiger partial charge is 0.255 e. The SMILES string of the molecule is Cc1nc([C@@H]2CCCN(C(=O)c3cccnc3)C2)nc2c1CCCN2CC1CC1. The normalized spacial score (nSPS) is 21.8. The maximum absolute atomic E-state index is 12.9. The van der Waals surface area contributed by atoms with E-state index in [1.807, 2.05) is 17.0 Å². The first-order valence-corrected chi connectivity index (χ1v) is 11.0. The summed E-state index contributed by atoms with van der Waals surface area (Å²) in [5.74, 6) is 3.21. The molecule has 0 spiro atoms. The number of hydrogen-bond donors (Lipinski definition) is 0. The summed E-state index contributed by atoms with van der Waals surface area (Å²) >= 11 is 0. The van der Waals surface area contributed by atoms with Crippen LogP contribution in [0.2, 0.25) is 0 Å². The fourth-order valence-corrected chi connectivity index (χ4v) is 4.73. The third-order valence-electron chi connectivity index (χ3n) is 6.52. The molecule has 2 aliphatic heterocycles. The molecule has 6 heteroatoms. The third-order valence-corrected chi connectivity index (χ3v) is 6.52. The van der Waals surface area contributed by atoms with E-state index in [-0.39, 0.29) is 11.8 Å². The van der Waals surface area contributed by atoms with Gasteiger partial charge in [-0.1, -0.05) is 0 Å². The van der Waals surface area contributed by atoms with Gasteiger partial charge in [0.1, 0.15) is 11.6 Å². The van der Waals surface area contributed by atoms with E-state index in [1.54, 1.807) is 12.4 Å². The number of carbonyl (C=O) groups is 1. The van der Waals surface area contributed by atoms with Crippen LogP contribution in [0.15, 0.2) is 24.5 Å². The lowest BCUT2D eigenvalue weighted by molar-refractivity contribution is 0.0704. The Hall–Kier alpha value is -2.50. The lowest BCUT2D eigenvalue weighted by atomic mass is 9.95. The van der Waals surface area contributed by atoms with Crippen molar-refractivity contribution >= 4 is 11.7 Å². The van der Waals surface area contributed by atoms with Crippen LogP contribution in [0.4, 0.5) is 5.82 Å². The molecule has 1 amide bonds. The number of rotatable bonds is 4. The molecule has 3 aliphatic rings. The van der Waals surface area contributed by atoms with Gasteiger partial charge in [-0.15, -0.1) is 0 Å². The van der Waals surface area contributed by atoms with Crippen molar-refractivity contribution in [3.63, 3.8) is 0 Å². The summed E-state index contributed by atoms with van der Waals surface area (Å²) in [4.78, 5) is 31.4. The maximum Gasteiger partial charge on any atom is 0.255 e. The zero-order chi connectivity index (χ0) is 19.8. The molecular formula is C23H29N5O. The van der Waals surface area contributed by atoms with Crippen LogP contribution in [-0.4, -0.2) is 51.9 Å². The number of pyridine rings is 1. The second kappa shape index (κ2) is 7.73. The molecule has 4 heterocycles. The van der Waals surface area contributed by atoms with E-state index >= 15 is 0 Å². The van der Waals surface area contributed by atoms with Crippen molar-refractivity contribution in [3.8, 4) is 0 Å². The molecule has 0 bridgehead atoms. The molecule has 2 aromatic heterocycles. The highest BCUT2D eigenvalue weighted by Gasteiger charge is 2.32. The van der Waals surface area contributed by atoms with Gasteiger partial charge in [0.2, 0.25) is 0 Å². The Balaban J connectivity index is 1.38. The van der Waals surface area contributed by atoms with Gasteiger partial charge < -0.3 is 9.80 Å². The first-order chi connectivity index (χ1) is 14.2. The highest BCUT2D eigenvalue weighted by molar-refractivity contribution is 5.94. The lowest BCUT2D eigenvalue weighted by Gasteiger charge is -2.34. The van der Waals surface area contributed by atoms with Crippen LogP contribution < -0.4 is 4.90 Å². The van der Waals surface area contributed by atoms with E-state index in [4.69, 9.17) is 9.97 Å². The Morgan fingerprint density at radius 2 is 2.07 bits per heavy atom. The van der Waals surface area contributed by atoms with Crippen molar-refractivity contribution in [1.29, 1.82) is 0 Å². The van der Waals surface area contributed by atoms with Gasteiger partial charge in [-0.2, -0.15) is 0 Å². The van der Waals surface area contributed by atoms with Crippen molar-refractivity contribution in [3.05, 3.63) is 47.2 Å². The molecule has 2 aromatic rings. The summed E-state index contributed by atoms with van der Waals surface area (Å²) in [5.41, 5.74) is 3.12. The average molecular weight is 392 g/mol. The Morgan fingerprint density at radius 1 is 1.17 bits per heavy atom. The molecule has 5 rings (SSSR count). The Bertz CT molecular complexity index is 896. The molecule has 0 N–H and O–H groups in total. The highest BCUT2D eigenvalue weighted by atomic mass is 16.2. The molecule has 1 saturated heterocycles. The molecular weight excluding hydrogens is 362 g/mol. The van der Waals surface area contributed by atoms with E-state index in [0.29, 0.717) is 12.1 Å². The van der Waals surface area contributed by atoms with Crippen LogP contribution in [0.1, 0.15) is 65.5 Å². The van der Waals surface area contributed by atoms with E-state index in [2.05, 4.69) is 16.8 Å². The molecule has 1 aliphatic carbocycles. The van der Waals surface area contributed by atoms with Crippen molar-refractivity contribution < 1.29 is 4.79 Å². The minimum Gasteiger partial charge on any atom is -0.356 e. The fourth-order valence-electron chi connectivity index (χ4n) is 4.73. The van der Waals surface area contributed by atoms with Gasteiger partial charge in [0.25, 0.3) is 5.91 Å². The lowest BCUT2D eigenvalue weighted by Crippen LogP contribution is -2.40. The van der Waals surface area contributed by atoms with E-state index in [9.17, 15) is 4.79 Å². The van der Waals surface area contributed by atoms with Crippen LogP contribution in [-0.2, 0) is 6.42 Å². The predicted molar refractivity (Wildman–Crippen MR) is 112 cm³/mol. The summed E-state index contributed by atoms with van der Waals surface area (Å²) < 4.78 is 0. The molecule has 152 valence electrons. The largest absolute Gasteiger partial charge is 0.356 e. The van der Waals surface area contributed by atoms with Gasteiger partial charge in [-0.05, 0) is 63.5 Å². The van der Waals surface area contributed by atoms with Gasteiger partial charge in [0.05, 0.1) is 5.56 Å². The Kier molecular flexibility index (Phi) is 4.94. The number of piperidine rings is 1. The van der Waals surface area contributed by atoms with Crippen LogP contribution in [0.25, 0.3) is 0 Å². The number of fused-ring (bicyclic) bond motifs is 1. The maximum atomic E-state index is 12.9. The van der Waals surface area contributed by atoms with Gasteiger partial charge in [-0.25, -0.2) is 9.97 Å². The number of carbonyl (C=O) groups excluding carboxylic acids is 1. The molecule has 0 radical (unpaired) electrons. The fraction of sp³-hybridized carbons (Fsp3) is 0.565. The number of nitrogens with zero attached hydrogens (tertiary/aromatic N) is 5. The summed E-state index contributed by atoms with van der Waals surface area (Å²) in [7, 11) is 0. The first-order valence-electron chi connectivity index (χ1n) is 11.0. The Morgan fingerprint density at radius 3 is 2.86 bits per heavy atom. The summed E-state index contributed by atoms with van der Waals surface area (Å²) in [5, 5.41) is 0. The van der Waals surface area contributed by atoms with Crippen LogP contribution in [0, 0.1) is 12.8 Å². The summed E-state index contributed by atoms with van der Waals surface area (Å²) in [6, 6.07) is 3.66. The molecule has 0 aromatic carbocycles. The van der Waals surface area contributed by atoms with Gasteiger partial charge in [0, 0.05) is 55.7 Å². The average Bonchev–Trinajstić information content (AvgIpc) is 3.58. The highest BCUT2D eigenvalue weighted by Crippen LogP contribution is 2.36. The predicted octanol–water partition coefficient (Wildman–Crippen LogP) is 3.36. The zero-order valence-corrected chi connectivity index (χ0v) is 17.2. The second-order valence-corrected chi connectivity index (χ2v) is 8.79. The monoisotopic (exact) mass is 391 g/mol. The number of anilines is 1. The van der Waals surface area contributed by atoms with Gasteiger partial charge >= 0.3 is 0 Å². The Labute approximate surface area is 172 Å². The van der Waals surface area contributed by atoms with Crippen LogP contribution in [0.3, 0.4) is 0 Å². The number of hydrogen-bond acceptors (Lipinski definition) is 5. The number of likely N-dealkylation sites (tertiary alicyclic amines) is 1. The number of aromatic nitrogens is 3. The van der Waals surface area contributed by atoms with Crippen molar-refractivity contribution in [2.75, 3.05) is 31.1 Å².